The van der Waals surface area contributed by atoms with Gasteiger partial charge in [0.25, 0.3) is 0 Å². The van der Waals surface area contributed by atoms with E-state index in [0.29, 0.717) is 0 Å². The van der Waals surface area contributed by atoms with Gasteiger partial charge in [-0.3, -0.25) is 4.57 Å². The topological polar surface area (TPSA) is 35.9 Å². The quantitative estimate of drug-likeness (QED) is 0.210. The normalized spacial score (nSPS) is 12.0. The molecule has 4 nitrogen and oxygen atoms in total. The predicted molar refractivity (Wildman–Crippen MR) is 186 cm³/mol. The largest absolute Gasteiger partial charge is 0.454 e. The van der Waals surface area contributed by atoms with Crippen molar-refractivity contribution in [3.63, 3.8) is 0 Å². The number of hydrogen-bond acceptors (Lipinski definition) is 2. The van der Waals surface area contributed by atoms with Crippen LogP contribution in [-0.2, 0) is 0 Å². The zero-order chi connectivity index (χ0) is 29.5. The van der Waals surface area contributed by atoms with Gasteiger partial charge >= 0.3 is 0 Å². The van der Waals surface area contributed by atoms with Crippen molar-refractivity contribution < 1.29 is 4.42 Å². The standard InChI is InChI=1S/C41H25N3O/c1-5-17-34-27(11-1)28-12-2-6-18-35(28)43(34)38-21-9-15-31-32-25-26(23-24-39(32)45-41(31)38)33-16-10-22-40(42-33)44-36-19-7-3-13-29(36)30-14-4-8-20-37(30)44/h1-25H. The number of pyridine rings is 1. The average molecular weight is 576 g/mol. The van der Waals surface area contributed by atoms with E-state index in [1.165, 1.54) is 32.6 Å². The Morgan fingerprint density at radius 3 is 1.58 bits per heavy atom. The van der Waals surface area contributed by atoms with Gasteiger partial charge in [0.15, 0.2) is 5.58 Å². The second-order valence-electron chi connectivity index (χ2n) is 11.6. The molecule has 0 unspecified atom stereocenters. The predicted octanol–water partition coefficient (Wildman–Crippen LogP) is 10.8. The van der Waals surface area contributed by atoms with E-state index in [2.05, 4.69) is 161 Å². The van der Waals surface area contributed by atoms with E-state index in [1.54, 1.807) is 0 Å². The number of benzene rings is 6. The fraction of sp³-hybridized carbons (Fsp3) is 0. The fourth-order valence-electron chi connectivity index (χ4n) is 7.18. The molecule has 0 spiro atoms. The molecule has 0 bridgehead atoms. The van der Waals surface area contributed by atoms with Crippen molar-refractivity contribution in [3.8, 4) is 22.8 Å². The summed E-state index contributed by atoms with van der Waals surface area (Å²) >= 11 is 0. The maximum Gasteiger partial charge on any atom is 0.159 e. The molecule has 0 atom stereocenters. The molecule has 0 fully saturated rings. The Labute approximate surface area is 258 Å². The SMILES string of the molecule is c1cc(-c2ccc3oc4c(-n5c6ccccc6c6ccccc65)cccc4c3c2)nc(-n2c3ccccc3c3ccccc32)c1. The van der Waals surface area contributed by atoms with Crippen molar-refractivity contribution in [2.45, 2.75) is 0 Å². The van der Waals surface area contributed by atoms with Gasteiger partial charge in [-0.15, -0.1) is 0 Å². The zero-order valence-corrected chi connectivity index (χ0v) is 24.2. The minimum Gasteiger partial charge on any atom is -0.454 e. The molecule has 0 aliphatic rings. The highest BCUT2D eigenvalue weighted by Gasteiger charge is 2.18. The molecule has 45 heavy (non-hydrogen) atoms. The van der Waals surface area contributed by atoms with Crippen molar-refractivity contribution in [2.75, 3.05) is 0 Å². The third-order valence-electron chi connectivity index (χ3n) is 9.14. The number of fused-ring (bicyclic) bond motifs is 9. The summed E-state index contributed by atoms with van der Waals surface area (Å²) in [7, 11) is 0. The van der Waals surface area contributed by atoms with Crippen LogP contribution in [0.2, 0.25) is 0 Å². The second-order valence-corrected chi connectivity index (χ2v) is 11.6. The Morgan fingerprint density at radius 1 is 0.422 bits per heavy atom. The van der Waals surface area contributed by atoms with Gasteiger partial charge in [-0.1, -0.05) is 91.0 Å². The van der Waals surface area contributed by atoms with Crippen molar-refractivity contribution in [1.29, 1.82) is 0 Å². The van der Waals surface area contributed by atoms with Crippen molar-refractivity contribution >= 4 is 65.6 Å². The van der Waals surface area contributed by atoms with Gasteiger partial charge in [-0.05, 0) is 60.7 Å². The summed E-state index contributed by atoms with van der Waals surface area (Å²) in [5.41, 5.74) is 9.38. The minimum atomic E-state index is 0.862. The molecule has 4 heteroatoms. The van der Waals surface area contributed by atoms with Crippen LogP contribution in [0.5, 0.6) is 0 Å². The summed E-state index contributed by atoms with van der Waals surface area (Å²) in [6, 6.07) is 53.4. The van der Waals surface area contributed by atoms with E-state index in [0.717, 1.165) is 55.7 Å². The monoisotopic (exact) mass is 575 g/mol. The Balaban J connectivity index is 1.16. The van der Waals surface area contributed by atoms with Crippen LogP contribution in [0.4, 0.5) is 0 Å². The lowest BCUT2D eigenvalue weighted by atomic mass is 10.1. The lowest BCUT2D eigenvalue weighted by Gasteiger charge is -2.09. The smallest absolute Gasteiger partial charge is 0.159 e. The number of hydrogen-bond donors (Lipinski definition) is 0. The first-order valence-electron chi connectivity index (χ1n) is 15.2. The second kappa shape index (κ2) is 9.18. The van der Waals surface area contributed by atoms with Crippen molar-refractivity contribution in [3.05, 3.63) is 152 Å². The molecule has 10 aromatic rings. The summed E-state index contributed by atoms with van der Waals surface area (Å²) in [6.45, 7) is 0. The molecule has 0 saturated heterocycles. The molecule has 0 N–H and O–H groups in total. The van der Waals surface area contributed by atoms with E-state index >= 15 is 0 Å². The zero-order valence-electron chi connectivity index (χ0n) is 24.2. The molecule has 0 saturated carbocycles. The number of nitrogens with zero attached hydrogens (tertiary/aromatic N) is 3. The Kier molecular flexibility index (Phi) is 4.96. The molecule has 6 aromatic carbocycles. The summed E-state index contributed by atoms with van der Waals surface area (Å²) < 4.78 is 11.2. The molecule has 0 amide bonds. The summed E-state index contributed by atoms with van der Waals surface area (Å²) in [4.78, 5) is 5.21. The summed E-state index contributed by atoms with van der Waals surface area (Å²) in [5, 5.41) is 7.09. The van der Waals surface area contributed by atoms with E-state index < -0.39 is 0 Å². The Hall–Kier alpha value is -6.13. The third kappa shape index (κ3) is 3.45. The van der Waals surface area contributed by atoms with Gasteiger partial charge in [-0.2, -0.15) is 0 Å². The fourth-order valence-corrected chi connectivity index (χ4v) is 7.18. The highest BCUT2D eigenvalue weighted by Crippen LogP contribution is 2.39. The molecular weight excluding hydrogens is 550 g/mol. The van der Waals surface area contributed by atoms with Crippen LogP contribution in [0.1, 0.15) is 0 Å². The number of aromatic nitrogens is 3. The van der Waals surface area contributed by atoms with E-state index in [-0.39, 0.29) is 0 Å². The van der Waals surface area contributed by atoms with Gasteiger partial charge in [0, 0.05) is 37.9 Å². The van der Waals surface area contributed by atoms with Crippen molar-refractivity contribution in [2.24, 2.45) is 0 Å². The maximum atomic E-state index is 6.63. The molecule has 4 aromatic heterocycles. The van der Waals surface area contributed by atoms with Crippen molar-refractivity contribution in [1.82, 2.24) is 14.1 Å². The van der Waals surface area contributed by atoms with Crippen LogP contribution in [0.15, 0.2) is 156 Å². The van der Waals surface area contributed by atoms with Crippen LogP contribution in [-0.4, -0.2) is 14.1 Å². The van der Waals surface area contributed by atoms with E-state index in [4.69, 9.17) is 9.40 Å². The van der Waals surface area contributed by atoms with Crippen LogP contribution >= 0.6 is 0 Å². The van der Waals surface area contributed by atoms with Crippen LogP contribution < -0.4 is 0 Å². The molecule has 210 valence electrons. The van der Waals surface area contributed by atoms with Gasteiger partial charge in [0.2, 0.25) is 0 Å². The van der Waals surface area contributed by atoms with Crippen LogP contribution in [0.3, 0.4) is 0 Å². The van der Waals surface area contributed by atoms with Crippen LogP contribution in [0.25, 0.3) is 88.3 Å². The molecule has 0 aliphatic heterocycles. The highest BCUT2D eigenvalue weighted by molar-refractivity contribution is 6.13. The highest BCUT2D eigenvalue weighted by atomic mass is 16.3. The number of furan rings is 1. The lowest BCUT2D eigenvalue weighted by molar-refractivity contribution is 0.666. The first kappa shape index (κ1) is 24.3. The molecule has 10 rings (SSSR count). The molecule has 0 radical (unpaired) electrons. The molecular formula is C41H25N3O. The maximum absolute atomic E-state index is 6.63. The number of para-hydroxylation sites is 5. The van der Waals surface area contributed by atoms with Gasteiger partial charge in [0.1, 0.15) is 11.4 Å². The van der Waals surface area contributed by atoms with Crippen LogP contribution in [0, 0.1) is 0 Å². The molecule has 4 heterocycles. The Morgan fingerprint density at radius 2 is 0.956 bits per heavy atom. The Bertz CT molecular complexity index is 2670. The van der Waals surface area contributed by atoms with Gasteiger partial charge < -0.3 is 8.98 Å². The first-order chi connectivity index (χ1) is 22.3. The minimum absolute atomic E-state index is 0.862. The third-order valence-corrected chi connectivity index (χ3v) is 9.14. The lowest BCUT2D eigenvalue weighted by Crippen LogP contribution is -1.98. The van der Waals surface area contributed by atoms with E-state index in [9.17, 15) is 0 Å². The first-order valence-corrected chi connectivity index (χ1v) is 15.2. The summed E-state index contributed by atoms with van der Waals surface area (Å²) in [6.07, 6.45) is 0. The van der Waals surface area contributed by atoms with Gasteiger partial charge in [-0.25, -0.2) is 4.98 Å². The average Bonchev–Trinajstić information content (AvgIpc) is 3.76. The number of rotatable bonds is 3. The van der Waals surface area contributed by atoms with E-state index in [1.807, 2.05) is 0 Å². The summed E-state index contributed by atoms with van der Waals surface area (Å²) in [5.74, 6) is 0.899. The van der Waals surface area contributed by atoms with Gasteiger partial charge in [0.05, 0.1) is 33.4 Å². The molecule has 0 aliphatic carbocycles.